The molecule has 1 saturated carbocycles. The summed E-state index contributed by atoms with van der Waals surface area (Å²) in [5, 5.41) is 7.38. The van der Waals surface area contributed by atoms with Gasteiger partial charge in [-0.2, -0.15) is 4.98 Å². The van der Waals surface area contributed by atoms with Gasteiger partial charge in [0.05, 0.1) is 46.3 Å². The summed E-state index contributed by atoms with van der Waals surface area (Å²) in [6.07, 6.45) is 11.1. The van der Waals surface area contributed by atoms with Gasteiger partial charge in [-0.3, -0.25) is 20.1 Å². The molecule has 43 heavy (non-hydrogen) atoms. The smallest absolute Gasteiger partial charge is 0.330 e. The molecule has 0 bridgehead atoms. The first kappa shape index (κ1) is 30.8. The van der Waals surface area contributed by atoms with Crippen molar-refractivity contribution < 1.29 is 19.0 Å². The number of nitrogens with one attached hydrogen (secondary N) is 2. The van der Waals surface area contributed by atoms with Crippen LogP contribution in [0, 0.1) is 0 Å². The topological polar surface area (TPSA) is 114 Å². The zero-order chi connectivity index (χ0) is 30.3. The Morgan fingerprint density at radius 1 is 1.12 bits per heavy atom. The van der Waals surface area contributed by atoms with Crippen molar-refractivity contribution in [1.29, 1.82) is 0 Å². The second-order valence-electron chi connectivity index (χ2n) is 10.3. The Morgan fingerprint density at radius 3 is 2.53 bits per heavy atom. The molecule has 3 aromatic rings. The monoisotopic (exact) mass is 627 g/mol. The third-order valence-electron chi connectivity index (χ3n) is 7.54. The fourth-order valence-electron chi connectivity index (χ4n) is 5.41. The van der Waals surface area contributed by atoms with E-state index >= 15 is 0 Å². The van der Waals surface area contributed by atoms with Gasteiger partial charge >= 0.3 is 6.03 Å². The fraction of sp³-hybridized carbons (Fsp3) is 0.400. The number of rotatable bonds is 12. The van der Waals surface area contributed by atoms with Crippen molar-refractivity contribution in [2.75, 3.05) is 42.7 Å². The Bertz CT molecular complexity index is 1420. The van der Waals surface area contributed by atoms with Crippen LogP contribution in [0.3, 0.4) is 0 Å². The number of hydrogen-bond acceptors (Lipinski definition) is 9. The van der Waals surface area contributed by atoms with Crippen molar-refractivity contribution in [2.45, 2.75) is 50.9 Å². The molecule has 0 radical (unpaired) electrons. The van der Waals surface area contributed by atoms with E-state index < -0.39 is 0 Å². The largest absolute Gasteiger partial charge is 0.495 e. The van der Waals surface area contributed by atoms with Gasteiger partial charge in [0.25, 0.3) is 0 Å². The first-order valence-corrected chi connectivity index (χ1v) is 14.8. The summed E-state index contributed by atoms with van der Waals surface area (Å²) in [5.41, 5.74) is 1.83. The third-order valence-corrected chi connectivity index (χ3v) is 8.27. The number of methoxy groups -OCH3 is 2. The van der Waals surface area contributed by atoms with Crippen LogP contribution < -0.4 is 29.9 Å². The maximum atomic E-state index is 14.2. The molecule has 2 atom stereocenters. The minimum absolute atomic E-state index is 0.101. The minimum Gasteiger partial charge on any atom is -0.495 e. The zero-order valence-electron chi connectivity index (χ0n) is 24.2. The number of halogens is 2. The number of nitrogens with zero attached hydrogens (tertiary/aromatic N) is 5. The van der Waals surface area contributed by atoms with Gasteiger partial charge in [-0.15, -0.1) is 6.58 Å². The summed E-state index contributed by atoms with van der Waals surface area (Å²) >= 11 is 13.5. The summed E-state index contributed by atoms with van der Waals surface area (Å²) in [6.45, 7) is 4.98. The summed E-state index contributed by atoms with van der Waals surface area (Å²) in [4.78, 5) is 31.1. The van der Waals surface area contributed by atoms with E-state index in [1.54, 1.807) is 35.6 Å². The van der Waals surface area contributed by atoms with E-state index in [1.165, 1.54) is 19.1 Å². The predicted octanol–water partition coefficient (Wildman–Crippen LogP) is 5.82. The number of aromatic nitrogens is 3. The van der Waals surface area contributed by atoms with Gasteiger partial charge in [-0.25, -0.2) is 9.78 Å². The summed E-state index contributed by atoms with van der Waals surface area (Å²) < 4.78 is 16.5. The van der Waals surface area contributed by atoms with Crippen molar-refractivity contribution in [3.63, 3.8) is 0 Å². The lowest BCUT2D eigenvalue weighted by atomic mass is 9.90. The highest BCUT2D eigenvalue weighted by Crippen LogP contribution is 2.48. The van der Waals surface area contributed by atoms with Gasteiger partial charge in [-0.1, -0.05) is 48.2 Å². The number of amides is 2. The van der Waals surface area contributed by atoms with Crippen LogP contribution in [-0.2, 0) is 17.8 Å². The average molecular weight is 629 g/mol. The molecule has 0 saturated heterocycles. The molecule has 5 rings (SSSR count). The van der Waals surface area contributed by atoms with Gasteiger partial charge in [0, 0.05) is 42.3 Å². The second-order valence-corrected chi connectivity index (χ2v) is 11.0. The molecule has 0 spiro atoms. The van der Waals surface area contributed by atoms with E-state index in [1.807, 2.05) is 12.1 Å². The molecule has 228 valence electrons. The molecule has 1 aliphatic heterocycles. The van der Waals surface area contributed by atoms with Crippen molar-refractivity contribution in [1.82, 2.24) is 20.3 Å². The SMILES string of the molecule is C=CCOCNC1CCCCC1Nc1ncc2c(n1)N(Cc1cccnc1)C(=O)N(c1c(Cl)c(OC)cc(OC)c1Cl)C2. The Balaban J connectivity index is 1.49. The lowest BCUT2D eigenvalue weighted by Crippen LogP contribution is -2.48. The van der Waals surface area contributed by atoms with Gasteiger partial charge in [0.15, 0.2) is 0 Å². The number of urea groups is 1. The number of carbonyl (C=O) groups is 1. The third kappa shape index (κ3) is 6.80. The highest BCUT2D eigenvalue weighted by molar-refractivity contribution is 6.42. The van der Waals surface area contributed by atoms with Crippen LogP contribution in [0.2, 0.25) is 10.0 Å². The highest BCUT2D eigenvalue weighted by atomic mass is 35.5. The Morgan fingerprint density at radius 2 is 1.86 bits per heavy atom. The number of anilines is 3. The van der Waals surface area contributed by atoms with Crippen molar-refractivity contribution in [3.8, 4) is 11.5 Å². The highest BCUT2D eigenvalue weighted by Gasteiger charge is 2.37. The number of benzene rings is 1. The molecule has 1 aromatic carbocycles. The zero-order valence-corrected chi connectivity index (χ0v) is 25.7. The van der Waals surface area contributed by atoms with Crippen LogP contribution in [0.5, 0.6) is 11.5 Å². The molecule has 2 N–H and O–H groups in total. The Hall–Kier alpha value is -3.64. The van der Waals surface area contributed by atoms with Gasteiger partial charge < -0.3 is 19.5 Å². The molecule has 2 unspecified atom stereocenters. The van der Waals surface area contributed by atoms with E-state index in [2.05, 4.69) is 27.2 Å². The van der Waals surface area contributed by atoms with Crippen LogP contribution >= 0.6 is 23.2 Å². The van der Waals surface area contributed by atoms with Crippen LogP contribution in [0.4, 0.5) is 22.2 Å². The van der Waals surface area contributed by atoms with Crippen molar-refractivity contribution in [3.05, 3.63) is 70.6 Å². The first-order valence-electron chi connectivity index (χ1n) is 14.1. The standard InChI is InChI=1S/C30H35Cl2N7O4/c1-4-12-43-18-35-21-9-5-6-10-22(21)36-29-34-15-20-17-38(27-25(31)23(41-2)13-24(42-3)26(27)32)30(40)39(28(20)37-29)16-19-8-7-11-33-14-19/h4,7-8,11,13-15,21-22,35H,1,5-6,9-10,12,16-18H2,2-3H3,(H,34,36,37). The van der Waals surface area contributed by atoms with Crippen LogP contribution in [0.15, 0.2) is 49.4 Å². The maximum Gasteiger partial charge on any atom is 0.330 e. The number of hydrogen-bond donors (Lipinski definition) is 2. The van der Waals surface area contributed by atoms with E-state index in [0.29, 0.717) is 36.6 Å². The Kier molecular flexibility index (Phi) is 10.2. The molecule has 11 nitrogen and oxygen atoms in total. The molecular formula is C30H35Cl2N7O4. The van der Waals surface area contributed by atoms with Crippen LogP contribution in [-0.4, -0.2) is 60.6 Å². The number of carbonyl (C=O) groups excluding carboxylic acids is 1. The van der Waals surface area contributed by atoms with Crippen LogP contribution in [0.1, 0.15) is 36.8 Å². The van der Waals surface area contributed by atoms with Crippen molar-refractivity contribution in [2.24, 2.45) is 0 Å². The number of fused-ring (bicyclic) bond motifs is 1. The van der Waals surface area contributed by atoms with E-state index in [0.717, 1.165) is 36.8 Å². The van der Waals surface area contributed by atoms with Gasteiger partial charge in [0.2, 0.25) is 5.95 Å². The lowest BCUT2D eigenvalue weighted by molar-refractivity contribution is 0.123. The summed E-state index contributed by atoms with van der Waals surface area (Å²) in [5.74, 6) is 1.61. The van der Waals surface area contributed by atoms with Gasteiger partial charge in [-0.05, 0) is 24.5 Å². The summed E-state index contributed by atoms with van der Waals surface area (Å²) in [7, 11) is 2.98. The lowest BCUT2D eigenvalue weighted by Gasteiger charge is -2.37. The summed E-state index contributed by atoms with van der Waals surface area (Å²) in [6, 6.07) is 5.24. The molecule has 2 amide bonds. The molecule has 2 aliphatic rings. The van der Waals surface area contributed by atoms with Crippen LogP contribution in [0.25, 0.3) is 0 Å². The first-order chi connectivity index (χ1) is 20.9. The maximum absolute atomic E-state index is 14.2. The number of ether oxygens (including phenoxy) is 3. The van der Waals surface area contributed by atoms with Crippen molar-refractivity contribution >= 4 is 46.7 Å². The Labute approximate surface area is 261 Å². The molecule has 2 aromatic heterocycles. The van der Waals surface area contributed by atoms with E-state index in [9.17, 15) is 4.79 Å². The number of pyridine rings is 1. The molecule has 13 heteroatoms. The minimum atomic E-state index is -0.364. The molecule has 3 heterocycles. The average Bonchev–Trinajstić information content (AvgIpc) is 3.03. The molecular weight excluding hydrogens is 593 g/mol. The normalized spacial score (nSPS) is 18.3. The predicted molar refractivity (Wildman–Crippen MR) is 167 cm³/mol. The quantitative estimate of drug-likeness (QED) is 0.146. The molecule has 1 fully saturated rings. The fourth-order valence-corrected chi connectivity index (χ4v) is 6.11. The second kappa shape index (κ2) is 14.2. The van der Waals surface area contributed by atoms with E-state index in [4.69, 9.17) is 42.4 Å². The van der Waals surface area contributed by atoms with E-state index in [-0.39, 0.29) is 46.9 Å². The molecule has 1 aliphatic carbocycles. The van der Waals surface area contributed by atoms with Gasteiger partial charge in [0.1, 0.15) is 27.4 Å².